The summed E-state index contributed by atoms with van der Waals surface area (Å²) in [6.45, 7) is 0. The van der Waals surface area contributed by atoms with Gasteiger partial charge in [-0.15, -0.1) is 13.2 Å². The number of aliphatic carboxylic acids is 1. The first-order valence-corrected chi connectivity index (χ1v) is 5.57. The smallest absolute Gasteiger partial charge is 0.504 e. The summed E-state index contributed by atoms with van der Waals surface area (Å²) in [6.07, 6.45) is -3.36. The van der Waals surface area contributed by atoms with Gasteiger partial charge < -0.3 is 14.9 Å². The van der Waals surface area contributed by atoms with E-state index in [0.717, 1.165) is 18.6 Å². The number of ether oxygens (including phenoxy) is 1. The molecule has 4 nitrogen and oxygen atoms in total. The molecule has 0 bridgehead atoms. The lowest BCUT2D eigenvalue weighted by atomic mass is 9.64. The third-order valence-electron chi connectivity index (χ3n) is 3.35. The van der Waals surface area contributed by atoms with E-state index in [1.807, 2.05) is 0 Å². The molecule has 104 valence electrons. The van der Waals surface area contributed by atoms with Crippen LogP contribution in [0, 0.1) is 0 Å². The minimum atomic E-state index is -4.90. The molecular formula is C12H11F3O4. The Labute approximate surface area is 106 Å². The predicted molar refractivity (Wildman–Crippen MR) is 58.0 cm³/mol. The number of rotatable bonds is 3. The molecule has 0 atom stereocenters. The molecule has 0 spiro atoms. The molecule has 0 unspecified atom stereocenters. The normalized spacial score (nSPS) is 17.6. The van der Waals surface area contributed by atoms with Crippen LogP contribution in [0.4, 0.5) is 13.2 Å². The zero-order valence-electron chi connectivity index (χ0n) is 9.70. The molecule has 1 fully saturated rings. The molecule has 1 aromatic rings. The van der Waals surface area contributed by atoms with E-state index in [9.17, 15) is 28.2 Å². The molecule has 19 heavy (non-hydrogen) atoms. The molecular weight excluding hydrogens is 265 g/mol. The number of hydrogen-bond acceptors (Lipinski definition) is 3. The molecule has 1 saturated carbocycles. The number of alkyl halides is 3. The first kappa shape index (κ1) is 13.5. The van der Waals surface area contributed by atoms with Crippen LogP contribution in [0.15, 0.2) is 18.2 Å². The van der Waals surface area contributed by atoms with Crippen molar-refractivity contribution in [1.82, 2.24) is 0 Å². The topological polar surface area (TPSA) is 66.8 Å². The number of hydrogen-bond donors (Lipinski definition) is 2. The van der Waals surface area contributed by atoms with Crippen LogP contribution in [0.2, 0.25) is 0 Å². The molecule has 2 N–H and O–H groups in total. The largest absolute Gasteiger partial charge is 0.573 e. The van der Waals surface area contributed by atoms with E-state index in [-0.39, 0.29) is 0 Å². The Morgan fingerprint density at radius 1 is 1.32 bits per heavy atom. The SMILES string of the molecule is O=C(O)C1(c2ccc(OC(F)(F)F)c(O)c2)CCC1. The Morgan fingerprint density at radius 2 is 1.95 bits per heavy atom. The lowest BCUT2D eigenvalue weighted by molar-refractivity contribution is -0.275. The maximum Gasteiger partial charge on any atom is 0.573 e. The van der Waals surface area contributed by atoms with Crippen molar-refractivity contribution < 1.29 is 32.9 Å². The maximum absolute atomic E-state index is 12.0. The third-order valence-corrected chi connectivity index (χ3v) is 3.35. The monoisotopic (exact) mass is 276 g/mol. The highest BCUT2D eigenvalue weighted by Gasteiger charge is 2.46. The Morgan fingerprint density at radius 3 is 2.32 bits per heavy atom. The number of aromatic hydroxyl groups is 1. The zero-order chi connectivity index (χ0) is 14.3. The van der Waals surface area contributed by atoms with E-state index in [0.29, 0.717) is 18.4 Å². The van der Waals surface area contributed by atoms with E-state index in [1.165, 1.54) is 6.07 Å². The summed E-state index contributed by atoms with van der Waals surface area (Å²) in [5.74, 6) is -2.50. The number of carboxylic acid groups (broad SMARTS) is 1. The van der Waals surface area contributed by atoms with Crippen LogP contribution in [0.5, 0.6) is 11.5 Å². The highest BCUT2D eigenvalue weighted by molar-refractivity contribution is 5.82. The fourth-order valence-corrected chi connectivity index (χ4v) is 2.18. The second-order valence-corrected chi connectivity index (χ2v) is 4.47. The molecule has 0 aliphatic heterocycles. The van der Waals surface area contributed by atoms with Crippen LogP contribution >= 0.6 is 0 Å². The summed E-state index contributed by atoms with van der Waals surface area (Å²) in [4.78, 5) is 11.2. The van der Waals surface area contributed by atoms with Crippen molar-refractivity contribution in [3.63, 3.8) is 0 Å². The van der Waals surface area contributed by atoms with E-state index < -0.39 is 29.2 Å². The van der Waals surface area contributed by atoms with Gasteiger partial charge in [0.2, 0.25) is 0 Å². The van der Waals surface area contributed by atoms with Crippen molar-refractivity contribution >= 4 is 5.97 Å². The van der Waals surface area contributed by atoms with Gasteiger partial charge in [-0.05, 0) is 30.5 Å². The van der Waals surface area contributed by atoms with Gasteiger partial charge in [-0.2, -0.15) is 0 Å². The number of halogens is 3. The third kappa shape index (κ3) is 2.45. The van der Waals surface area contributed by atoms with Crippen LogP contribution in [0.25, 0.3) is 0 Å². The summed E-state index contributed by atoms with van der Waals surface area (Å²) in [7, 11) is 0. The predicted octanol–water partition coefficient (Wildman–Crippen LogP) is 2.80. The van der Waals surface area contributed by atoms with Crippen molar-refractivity contribution in [2.45, 2.75) is 31.0 Å². The Bertz CT molecular complexity index is 506. The molecule has 0 heterocycles. The van der Waals surface area contributed by atoms with E-state index in [1.54, 1.807) is 0 Å². The van der Waals surface area contributed by atoms with Gasteiger partial charge in [0.25, 0.3) is 0 Å². The molecule has 7 heteroatoms. The van der Waals surface area contributed by atoms with Gasteiger partial charge in [0.05, 0.1) is 5.41 Å². The summed E-state index contributed by atoms with van der Waals surface area (Å²) in [5.41, 5.74) is -0.813. The Hall–Kier alpha value is -1.92. The van der Waals surface area contributed by atoms with Crippen LogP contribution in [0.1, 0.15) is 24.8 Å². The Balaban J connectivity index is 2.31. The molecule has 0 amide bonds. The zero-order valence-corrected chi connectivity index (χ0v) is 9.70. The standard InChI is InChI=1S/C12H11F3O4/c13-12(14,15)19-9-3-2-7(6-8(9)16)11(10(17)18)4-1-5-11/h2-3,6,16H,1,4-5H2,(H,17,18). The van der Waals surface area contributed by atoms with Crippen molar-refractivity contribution in [2.75, 3.05) is 0 Å². The Kier molecular flexibility index (Phi) is 3.07. The average molecular weight is 276 g/mol. The van der Waals surface area contributed by atoms with Gasteiger partial charge >= 0.3 is 12.3 Å². The molecule has 0 radical (unpaired) electrons. The van der Waals surface area contributed by atoms with Crippen molar-refractivity contribution in [3.8, 4) is 11.5 Å². The first-order valence-electron chi connectivity index (χ1n) is 5.57. The molecule has 1 aromatic carbocycles. The van der Waals surface area contributed by atoms with Gasteiger partial charge in [-0.3, -0.25) is 4.79 Å². The van der Waals surface area contributed by atoms with Gasteiger partial charge in [-0.25, -0.2) is 0 Å². The highest BCUT2D eigenvalue weighted by atomic mass is 19.4. The molecule has 1 aliphatic rings. The van der Waals surface area contributed by atoms with E-state index >= 15 is 0 Å². The van der Waals surface area contributed by atoms with E-state index in [2.05, 4.69) is 4.74 Å². The summed E-state index contributed by atoms with van der Waals surface area (Å²) in [6, 6.07) is 3.20. The van der Waals surface area contributed by atoms with Gasteiger partial charge in [0.1, 0.15) is 0 Å². The summed E-state index contributed by atoms with van der Waals surface area (Å²) < 4.78 is 39.7. The van der Waals surface area contributed by atoms with Crippen molar-refractivity contribution in [1.29, 1.82) is 0 Å². The first-order chi connectivity index (χ1) is 8.74. The fourth-order valence-electron chi connectivity index (χ4n) is 2.18. The number of phenolic OH excluding ortho intramolecular Hbond substituents is 1. The second kappa shape index (κ2) is 4.32. The van der Waals surface area contributed by atoms with Gasteiger partial charge in [0.15, 0.2) is 11.5 Å². The summed E-state index contributed by atoms with van der Waals surface area (Å²) in [5, 5.41) is 18.7. The van der Waals surface area contributed by atoms with Crippen LogP contribution in [-0.2, 0) is 10.2 Å². The van der Waals surface area contributed by atoms with Gasteiger partial charge in [0, 0.05) is 0 Å². The minimum absolute atomic E-state index is 0.290. The number of phenols is 1. The van der Waals surface area contributed by atoms with Gasteiger partial charge in [-0.1, -0.05) is 12.5 Å². The highest BCUT2D eigenvalue weighted by Crippen LogP contribution is 2.46. The number of benzene rings is 1. The molecule has 0 aromatic heterocycles. The van der Waals surface area contributed by atoms with Crippen molar-refractivity contribution in [3.05, 3.63) is 23.8 Å². The van der Waals surface area contributed by atoms with Crippen LogP contribution in [-0.4, -0.2) is 22.5 Å². The van der Waals surface area contributed by atoms with Crippen LogP contribution in [0.3, 0.4) is 0 Å². The molecule has 0 saturated heterocycles. The molecule has 2 rings (SSSR count). The maximum atomic E-state index is 12.0. The van der Waals surface area contributed by atoms with E-state index in [4.69, 9.17) is 0 Å². The fraction of sp³-hybridized carbons (Fsp3) is 0.417. The lowest BCUT2D eigenvalue weighted by Crippen LogP contribution is -2.42. The summed E-state index contributed by atoms with van der Waals surface area (Å²) >= 11 is 0. The van der Waals surface area contributed by atoms with Crippen LogP contribution < -0.4 is 4.74 Å². The lowest BCUT2D eigenvalue weighted by Gasteiger charge is -2.38. The average Bonchev–Trinajstić information content (AvgIpc) is 2.17. The molecule has 1 aliphatic carbocycles. The van der Waals surface area contributed by atoms with Crippen molar-refractivity contribution in [2.24, 2.45) is 0 Å². The number of carboxylic acids is 1. The minimum Gasteiger partial charge on any atom is -0.504 e. The second-order valence-electron chi connectivity index (χ2n) is 4.47. The quantitative estimate of drug-likeness (QED) is 0.890. The number of carbonyl (C=O) groups is 1.